The van der Waals surface area contributed by atoms with Gasteiger partial charge in [-0.05, 0) is 62.2 Å². The number of hydrogen-bond acceptors (Lipinski definition) is 3. The molecule has 2 aromatic carbocycles. The van der Waals surface area contributed by atoms with E-state index in [0.717, 1.165) is 33.7 Å². The van der Waals surface area contributed by atoms with E-state index in [1.165, 1.54) is 5.56 Å². The summed E-state index contributed by atoms with van der Waals surface area (Å²) in [5.74, 6) is 0.536. The van der Waals surface area contributed by atoms with Gasteiger partial charge in [0.25, 0.3) is 5.91 Å². The first kappa shape index (κ1) is 17.4. The second kappa shape index (κ2) is 7.66. The maximum Gasteiger partial charge on any atom is 0.279 e. The van der Waals surface area contributed by atoms with Crippen molar-refractivity contribution in [2.75, 3.05) is 6.61 Å². The summed E-state index contributed by atoms with van der Waals surface area (Å²) in [5, 5.41) is 0. The number of hydrogen-bond donors (Lipinski definition) is 0. The van der Waals surface area contributed by atoms with Crippen LogP contribution in [0.25, 0.3) is 10.2 Å². The molecule has 4 nitrogen and oxygen atoms in total. The van der Waals surface area contributed by atoms with Crippen molar-refractivity contribution in [1.82, 2.24) is 4.57 Å². The molecule has 0 aliphatic carbocycles. The minimum Gasteiger partial charge on any atom is -0.494 e. The molecular formula is C20H22N2O2S. The van der Waals surface area contributed by atoms with E-state index in [1.807, 2.05) is 6.92 Å². The van der Waals surface area contributed by atoms with Gasteiger partial charge in [0.05, 0.1) is 16.8 Å². The van der Waals surface area contributed by atoms with Crippen molar-refractivity contribution in [2.24, 2.45) is 4.99 Å². The van der Waals surface area contributed by atoms with E-state index in [4.69, 9.17) is 4.74 Å². The number of carbonyl (C=O) groups excluding carboxylic acids is 1. The zero-order valence-electron chi connectivity index (χ0n) is 14.8. The van der Waals surface area contributed by atoms with Gasteiger partial charge < -0.3 is 9.30 Å². The largest absolute Gasteiger partial charge is 0.494 e. The normalized spacial score (nSPS) is 11.9. The Morgan fingerprint density at radius 1 is 1.16 bits per heavy atom. The molecule has 1 amide bonds. The average molecular weight is 354 g/mol. The third-order valence-electron chi connectivity index (χ3n) is 3.89. The van der Waals surface area contributed by atoms with Gasteiger partial charge in [-0.25, -0.2) is 0 Å². The minimum atomic E-state index is -0.226. The van der Waals surface area contributed by atoms with Crippen molar-refractivity contribution < 1.29 is 9.53 Å². The first-order chi connectivity index (χ1) is 12.1. The number of amides is 1. The van der Waals surface area contributed by atoms with Crippen LogP contribution in [-0.4, -0.2) is 17.1 Å². The summed E-state index contributed by atoms with van der Waals surface area (Å²) in [6.45, 7) is 7.59. The molecule has 0 aliphatic rings. The molecule has 25 heavy (non-hydrogen) atoms. The van der Waals surface area contributed by atoms with Gasteiger partial charge in [0.15, 0.2) is 4.80 Å². The second-order valence-electron chi connectivity index (χ2n) is 5.88. The number of fused-ring (bicyclic) bond motifs is 1. The highest BCUT2D eigenvalue weighted by Gasteiger charge is 2.09. The molecule has 0 aliphatic heterocycles. The van der Waals surface area contributed by atoms with Crippen LogP contribution >= 0.6 is 11.3 Å². The number of nitrogens with zero attached hydrogens (tertiary/aromatic N) is 2. The molecule has 3 aromatic rings. The van der Waals surface area contributed by atoms with Gasteiger partial charge in [-0.1, -0.05) is 24.3 Å². The Bertz CT molecular complexity index is 952. The molecule has 0 fully saturated rings. The zero-order chi connectivity index (χ0) is 17.8. The molecule has 0 radical (unpaired) electrons. The van der Waals surface area contributed by atoms with Gasteiger partial charge in [0.1, 0.15) is 5.75 Å². The molecule has 1 heterocycles. The lowest BCUT2D eigenvalue weighted by atomic mass is 10.2. The zero-order valence-corrected chi connectivity index (χ0v) is 15.6. The number of aryl methyl sites for hydroxylation is 2. The van der Waals surface area contributed by atoms with E-state index in [2.05, 4.69) is 41.6 Å². The Balaban J connectivity index is 2.01. The van der Waals surface area contributed by atoms with E-state index >= 15 is 0 Å². The molecule has 0 atom stereocenters. The fourth-order valence-electron chi connectivity index (χ4n) is 2.72. The standard InChI is InChI=1S/C20H22N2O2S/c1-4-12-22-17-11-6-14(3)13-18(17)25-20(22)21-19(23)15-7-9-16(10-8-15)24-5-2/h6-11,13H,4-5,12H2,1-3H3. The van der Waals surface area contributed by atoms with Crippen LogP contribution in [-0.2, 0) is 6.54 Å². The molecular weight excluding hydrogens is 332 g/mol. The molecule has 0 bridgehead atoms. The number of benzene rings is 2. The van der Waals surface area contributed by atoms with Crippen molar-refractivity contribution in [1.29, 1.82) is 0 Å². The number of ether oxygens (including phenoxy) is 1. The predicted octanol–water partition coefficient (Wildman–Crippen LogP) is 4.56. The van der Waals surface area contributed by atoms with Crippen molar-refractivity contribution in [2.45, 2.75) is 33.7 Å². The predicted molar refractivity (Wildman–Crippen MR) is 102 cm³/mol. The summed E-state index contributed by atoms with van der Waals surface area (Å²) in [6.07, 6.45) is 0.990. The summed E-state index contributed by atoms with van der Waals surface area (Å²) in [4.78, 5) is 17.7. The quantitative estimate of drug-likeness (QED) is 0.674. The van der Waals surface area contributed by atoms with Crippen LogP contribution < -0.4 is 9.54 Å². The Hall–Kier alpha value is -2.40. The molecule has 0 spiro atoms. The fraction of sp³-hybridized carbons (Fsp3) is 0.300. The van der Waals surface area contributed by atoms with Crippen molar-refractivity contribution in [3.05, 3.63) is 58.4 Å². The SMILES string of the molecule is CCCn1c(=NC(=O)c2ccc(OCC)cc2)sc2cc(C)ccc21. The maximum atomic E-state index is 12.6. The highest BCUT2D eigenvalue weighted by Crippen LogP contribution is 2.19. The van der Waals surface area contributed by atoms with Gasteiger partial charge in [0.2, 0.25) is 0 Å². The molecule has 0 N–H and O–H groups in total. The fourth-order valence-corrected chi connectivity index (χ4v) is 3.87. The van der Waals surface area contributed by atoms with Crippen LogP contribution in [0.5, 0.6) is 5.75 Å². The van der Waals surface area contributed by atoms with Crippen LogP contribution in [0.15, 0.2) is 47.5 Å². The van der Waals surface area contributed by atoms with Crippen molar-refractivity contribution in [3.63, 3.8) is 0 Å². The van der Waals surface area contributed by atoms with Gasteiger partial charge in [0, 0.05) is 12.1 Å². The smallest absolute Gasteiger partial charge is 0.279 e. The summed E-state index contributed by atoms with van der Waals surface area (Å²) < 4.78 is 8.71. The van der Waals surface area contributed by atoms with Crippen LogP contribution in [0.3, 0.4) is 0 Å². The Kier molecular flexibility index (Phi) is 5.34. The Morgan fingerprint density at radius 3 is 2.60 bits per heavy atom. The maximum absolute atomic E-state index is 12.6. The summed E-state index contributed by atoms with van der Waals surface area (Å²) in [7, 11) is 0. The molecule has 1 aromatic heterocycles. The molecule has 3 rings (SSSR count). The Labute approximate surface area is 151 Å². The molecule has 0 saturated heterocycles. The number of thiazole rings is 1. The third kappa shape index (κ3) is 3.82. The highest BCUT2D eigenvalue weighted by atomic mass is 32.1. The third-order valence-corrected chi connectivity index (χ3v) is 4.94. The summed E-state index contributed by atoms with van der Waals surface area (Å²) >= 11 is 1.56. The van der Waals surface area contributed by atoms with Gasteiger partial charge in [-0.2, -0.15) is 4.99 Å². The number of aromatic nitrogens is 1. The average Bonchev–Trinajstić information content (AvgIpc) is 2.92. The van der Waals surface area contributed by atoms with Gasteiger partial charge in [-0.3, -0.25) is 4.79 Å². The van der Waals surface area contributed by atoms with Gasteiger partial charge >= 0.3 is 0 Å². The summed E-state index contributed by atoms with van der Waals surface area (Å²) in [6, 6.07) is 13.5. The van der Waals surface area contributed by atoms with E-state index in [9.17, 15) is 4.79 Å². The molecule has 0 saturated carbocycles. The topological polar surface area (TPSA) is 43.6 Å². The lowest BCUT2D eigenvalue weighted by molar-refractivity contribution is 0.0998. The minimum absolute atomic E-state index is 0.226. The van der Waals surface area contributed by atoms with Gasteiger partial charge in [-0.15, -0.1) is 0 Å². The first-order valence-corrected chi connectivity index (χ1v) is 9.36. The number of carbonyl (C=O) groups is 1. The van der Waals surface area contributed by atoms with Crippen LogP contribution in [0.1, 0.15) is 36.2 Å². The van der Waals surface area contributed by atoms with Crippen molar-refractivity contribution >= 4 is 27.5 Å². The highest BCUT2D eigenvalue weighted by molar-refractivity contribution is 7.16. The lowest BCUT2D eigenvalue weighted by Crippen LogP contribution is -2.16. The van der Waals surface area contributed by atoms with Crippen LogP contribution in [0.2, 0.25) is 0 Å². The van der Waals surface area contributed by atoms with E-state index in [1.54, 1.807) is 35.6 Å². The molecule has 130 valence electrons. The molecule has 0 unspecified atom stereocenters. The first-order valence-electron chi connectivity index (χ1n) is 8.54. The van der Waals surface area contributed by atoms with Crippen LogP contribution in [0, 0.1) is 6.92 Å². The van der Waals surface area contributed by atoms with Crippen molar-refractivity contribution in [3.8, 4) is 5.75 Å². The Morgan fingerprint density at radius 2 is 1.92 bits per heavy atom. The van der Waals surface area contributed by atoms with E-state index in [-0.39, 0.29) is 5.91 Å². The number of rotatable bonds is 5. The second-order valence-corrected chi connectivity index (χ2v) is 6.89. The lowest BCUT2D eigenvalue weighted by Gasteiger charge is -2.04. The van der Waals surface area contributed by atoms with E-state index in [0.29, 0.717) is 12.2 Å². The summed E-state index contributed by atoms with van der Waals surface area (Å²) in [5.41, 5.74) is 2.91. The van der Waals surface area contributed by atoms with Crippen LogP contribution in [0.4, 0.5) is 0 Å². The van der Waals surface area contributed by atoms with E-state index < -0.39 is 0 Å². The molecule has 5 heteroatoms. The monoisotopic (exact) mass is 354 g/mol.